The van der Waals surface area contributed by atoms with Crippen molar-refractivity contribution < 1.29 is 9.59 Å². The molecule has 0 bridgehead atoms. The van der Waals surface area contributed by atoms with Gasteiger partial charge in [0, 0.05) is 4.88 Å². The fraction of sp³-hybridized carbons (Fsp3) is 0.538. The van der Waals surface area contributed by atoms with Crippen molar-refractivity contribution in [1.82, 2.24) is 10.6 Å². The minimum Gasteiger partial charge on any atom is -0.347 e. The van der Waals surface area contributed by atoms with Crippen molar-refractivity contribution >= 4 is 23.2 Å². The summed E-state index contributed by atoms with van der Waals surface area (Å²) < 4.78 is 0. The Labute approximate surface area is 117 Å². The van der Waals surface area contributed by atoms with E-state index in [4.69, 9.17) is 5.73 Å². The Morgan fingerprint density at radius 1 is 1.37 bits per heavy atom. The van der Waals surface area contributed by atoms with Crippen LogP contribution in [0.2, 0.25) is 0 Å². The molecule has 0 aromatic carbocycles. The first kappa shape index (κ1) is 15.7. The lowest BCUT2D eigenvalue weighted by Crippen LogP contribution is -2.47. The summed E-state index contributed by atoms with van der Waals surface area (Å²) in [5, 5.41) is 7.32. The molecule has 1 heterocycles. The number of carbonyl (C=O) groups is 2. The fourth-order valence-electron chi connectivity index (χ4n) is 1.49. The first-order valence-corrected chi connectivity index (χ1v) is 7.15. The van der Waals surface area contributed by atoms with Gasteiger partial charge in [-0.15, -0.1) is 11.3 Å². The predicted octanol–water partition coefficient (Wildman–Crippen LogP) is 1.02. The molecule has 4 N–H and O–H groups in total. The van der Waals surface area contributed by atoms with Gasteiger partial charge in [-0.05, 0) is 24.3 Å². The van der Waals surface area contributed by atoms with Crippen LogP contribution >= 0.6 is 11.3 Å². The van der Waals surface area contributed by atoms with Crippen LogP contribution in [0.15, 0.2) is 17.5 Å². The third-order valence-electron chi connectivity index (χ3n) is 2.79. The second kappa shape index (κ2) is 7.25. The molecule has 6 heteroatoms. The molecule has 19 heavy (non-hydrogen) atoms. The molecule has 2 amide bonds. The minimum atomic E-state index is -0.581. The van der Waals surface area contributed by atoms with Gasteiger partial charge in [0.2, 0.25) is 11.8 Å². The highest BCUT2D eigenvalue weighted by Crippen LogP contribution is 2.17. The molecule has 0 aliphatic carbocycles. The second-order valence-corrected chi connectivity index (χ2v) is 5.77. The maximum absolute atomic E-state index is 11.7. The van der Waals surface area contributed by atoms with E-state index in [1.165, 1.54) is 0 Å². The average Bonchev–Trinajstić information content (AvgIpc) is 2.88. The van der Waals surface area contributed by atoms with E-state index in [1.54, 1.807) is 11.3 Å². The van der Waals surface area contributed by atoms with Crippen molar-refractivity contribution in [3.63, 3.8) is 0 Å². The smallest absolute Gasteiger partial charge is 0.239 e. The Balaban J connectivity index is 2.34. The van der Waals surface area contributed by atoms with Gasteiger partial charge in [0.15, 0.2) is 0 Å². The van der Waals surface area contributed by atoms with Gasteiger partial charge in [-0.1, -0.05) is 19.9 Å². The lowest BCUT2D eigenvalue weighted by atomic mass is 10.1. The largest absolute Gasteiger partial charge is 0.347 e. The van der Waals surface area contributed by atoms with E-state index in [0.717, 1.165) is 4.88 Å². The molecule has 0 saturated heterocycles. The van der Waals surface area contributed by atoms with Crippen molar-refractivity contribution in [1.29, 1.82) is 0 Å². The van der Waals surface area contributed by atoms with Crippen LogP contribution < -0.4 is 16.4 Å². The zero-order valence-electron chi connectivity index (χ0n) is 11.5. The van der Waals surface area contributed by atoms with Gasteiger partial charge in [0.05, 0.1) is 18.6 Å². The lowest BCUT2D eigenvalue weighted by molar-refractivity contribution is -0.127. The van der Waals surface area contributed by atoms with Crippen LogP contribution in [0.5, 0.6) is 0 Å². The van der Waals surface area contributed by atoms with Crippen LogP contribution in [0.25, 0.3) is 0 Å². The van der Waals surface area contributed by atoms with Gasteiger partial charge < -0.3 is 16.4 Å². The average molecular weight is 283 g/mol. The summed E-state index contributed by atoms with van der Waals surface area (Å²) in [7, 11) is 0. The van der Waals surface area contributed by atoms with Crippen molar-refractivity contribution in [2.24, 2.45) is 11.7 Å². The molecule has 0 radical (unpaired) electrons. The van der Waals surface area contributed by atoms with E-state index in [9.17, 15) is 9.59 Å². The Morgan fingerprint density at radius 2 is 2.05 bits per heavy atom. The Hall–Kier alpha value is -1.40. The second-order valence-electron chi connectivity index (χ2n) is 4.79. The number of amides is 2. The molecule has 1 rings (SSSR count). The molecule has 106 valence electrons. The molecule has 0 saturated carbocycles. The molecule has 0 aliphatic rings. The maximum Gasteiger partial charge on any atom is 0.239 e. The van der Waals surface area contributed by atoms with E-state index in [1.807, 2.05) is 38.3 Å². The zero-order chi connectivity index (χ0) is 14.4. The molecule has 1 aromatic rings. The number of carbonyl (C=O) groups excluding carboxylic acids is 2. The molecular formula is C13H21N3O2S. The maximum atomic E-state index is 11.7. The third kappa shape index (κ3) is 5.00. The van der Waals surface area contributed by atoms with E-state index in [-0.39, 0.29) is 30.3 Å². The Morgan fingerprint density at radius 3 is 2.58 bits per heavy atom. The Bertz CT molecular complexity index is 418. The van der Waals surface area contributed by atoms with Crippen molar-refractivity contribution in [2.75, 3.05) is 6.54 Å². The molecule has 2 atom stereocenters. The highest BCUT2D eigenvalue weighted by atomic mass is 32.1. The summed E-state index contributed by atoms with van der Waals surface area (Å²) in [6.07, 6.45) is 0. The van der Waals surface area contributed by atoms with E-state index in [2.05, 4.69) is 10.6 Å². The number of thiophene rings is 1. The molecule has 5 nitrogen and oxygen atoms in total. The van der Waals surface area contributed by atoms with Crippen molar-refractivity contribution in [2.45, 2.75) is 32.9 Å². The number of nitrogens with one attached hydrogen (secondary N) is 2. The van der Waals surface area contributed by atoms with Gasteiger partial charge in [0.25, 0.3) is 0 Å². The van der Waals surface area contributed by atoms with Gasteiger partial charge in [0.1, 0.15) is 0 Å². The summed E-state index contributed by atoms with van der Waals surface area (Å²) in [6.45, 7) is 5.59. The summed E-state index contributed by atoms with van der Waals surface area (Å²) in [5.41, 5.74) is 5.68. The van der Waals surface area contributed by atoms with Crippen LogP contribution in [0.1, 0.15) is 31.7 Å². The van der Waals surface area contributed by atoms with E-state index >= 15 is 0 Å². The zero-order valence-corrected chi connectivity index (χ0v) is 12.3. The number of hydrogen-bond acceptors (Lipinski definition) is 4. The van der Waals surface area contributed by atoms with E-state index < -0.39 is 6.04 Å². The van der Waals surface area contributed by atoms with Crippen molar-refractivity contribution in [3.8, 4) is 0 Å². The Kier molecular flexibility index (Phi) is 5.98. The first-order valence-electron chi connectivity index (χ1n) is 6.28. The molecular weight excluding hydrogens is 262 g/mol. The van der Waals surface area contributed by atoms with Crippen LogP contribution in [-0.4, -0.2) is 24.4 Å². The summed E-state index contributed by atoms with van der Waals surface area (Å²) in [4.78, 5) is 24.4. The quantitative estimate of drug-likeness (QED) is 0.729. The van der Waals surface area contributed by atoms with Gasteiger partial charge in [-0.3, -0.25) is 9.59 Å². The van der Waals surface area contributed by atoms with E-state index in [0.29, 0.717) is 0 Å². The minimum absolute atomic E-state index is 0.0467. The van der Waals surface area contributed by atoms with Crippen molar-refractivity contribution in [3.05, 3.63) is 22.4 Å². The van der Waals surface area contributed by atoms with Crippen LogP contribution in [0.4, 0.5) is 0 Å². The fourth-order valence-corrected chi connectivity index (χ4v) is 2.22. The van der Waals surface area contributed by atoms with Gasteiger partial charge >= 0.3 is 0 Å². The highest BCUT2D eigenvalue weighted by Gasteiger charge is 2.18. The van der Waals surface area contributed by atoms with Gasteiger partial charge in [-0.25, -0.2) is 0 Å². The molecule has 1 aromatic heterocycles. The van der Waals surface area contributed by atoms with Crippen LogP contribution in [0.3, 0.4) is 0 Å². The molecule has 0 spiro atoms. The monoisotopic (exact) mass is 283 g/mol. The number of hydrogen-bond donors (Lipinski definition) is 3. The number of nitrogens with two attached hydrogens (primary N) is 1. The standard InChI is InChI=1S/C13H21N3O2S/c1-8(2)12(14)13(18)15-7-11(17)16-9(3)10-5-4-6-19-10/h4-6,8-9,12H,7,14H2,1-3H3,(H,15,18)(H,16,17)/t9-,12+/m1/s1. The van der Waals surface area contributed by atoms with Crippen LogP contribution in [-0.2, 0) is 9.59 Å². The molecule has 0 unspecified atom stereocenters. The SMILES string of the molecule is CC(C)[C@H](N)C(=O)NCC(=O)N[C@H](C)c1cccs1. The predicted molar refractivity (Wildman–Crippen MR) is 76.7 cm³/mol. The first-order chi connectivity index (χ1) is 8.91. The number of rotatable bonds is 6. The normalized spacial score (nSPS) is 13.9. The molecule has 0 fully saturated rings. The third-order valence-corrected chi connectivity index (χ3v) is 3.85. The summed E-state index contributed by atoms with van der Waals surface area (Å²) >= 11 is 1.58. The van der Waals surface area contributed by atoms with Crippen LogP contribution in [0, 0.1) is 5.92 Å². The van der Waals surface area contributed by atoms with Gasteiger partial charge in [-0.2, -0.15) is 0 Å². The summed E-state index contributed by atoms with van der Waals surface area (Å²) in [6, 6.07) is 3.26. The summed E-state index contributed by atoms with van der Waals surface area (Å²) in [5.74, 6) is -0.466. The topological polar surface area (TPSA) is 84.2 Å². The highest BCUT2D eigenvalue weighted by molar-refractivity contribution is 7.10. The lowest BCUT2D eigenvalue weighted by Gasteiger charge is -2.16. The molecule has 0 aliphatic heterocycles.